The fourth-order valence-electron chi connectivity index (χ4n) is 2.54. The van der Waals surface area contributed by atoms with E-state index < -0.39 is 0 Å². The first-order valence-corrected chi connectivity index (χ1v) is 8.00. The molecule has 0 saturated heterocycles. The van der Waals surface area contributed by atoms with Crippen LogP contribution in [0.3, 0.4) is 0 Å². The Morgan fingerprint density at radius 3 is 1.95 bits per heavy atom. The lowest BCUT2D eigenvalue weighted by molar-refractivity contribution is -0.155. The summed E-state index contributed by atoms with van der Waals surface area (Å²) in [6.45, 7) is 12.5. The third kappa shape index (κ3) is 11.0. The van der Waals surface area contributed by atoms with E-state index in [0.717, 1.165) is 12.3 Å². The highest BCUT2D eigenvalue weighted by Crippen LogP contribution is 2.23. The monoisotopic (exact) mass is 270 g/mol. The van der Waals surface area contributed by atoms with Crippen LogP contribution in [-0.4, -0.2) is 11.6 Å². The fourth-order valence-corrected chi connectivity index (χ4v) is 2.54. The maximum Gasteiger partial charge on any atom is 0.306 e. The molecule has 0 radical (unpaired) electrons. The Morgan fingerprint density at radius 2 is 1.53 bits per heavy atom. The standard InChI is InChI=1S/C17H34O2/c1-7-9-15(10-8-2)12-11-14(3)13-16(18)19-17(4,5)6/h14-15H,7-13H2,1-6H3. The summed E-state index contributed by atoms with van der Waals surface area (Å²) in [5.41, 5.74) is -0.357. The first-order valence-electron chi connectivity index (χ1n) is 8.00. The molecule has 0 aromatic carbocycles. The van der Waals surface area contributed by atoms with E-state index in [4.69, 9.17) is 4.74 Å². The number of carbonyl (C=O) groups excluding carboxylic acids is 1. The second-order valence-electron chi connectivity index (χ2n) is 6.92. The second-order valence-corrected chi connectivity index (χ2v) is 6.92. The molecule has 1 unspecified atom stereocenters. The molecule has 2 nitrogen and oxygen atoms in total. The van der Waals surface area contributed by atoms with Gasteiger partial charge in [-0.15, -0.1) is 0 Å². The van der Waals surface area contributed by atoms with Crippen LogP contribution in [0.15, 0.2) is 0 Å². The Bertz CT molecular complexity index is 234. The number of hydrogen-bond acceptors (Lipinski definition) is 2. The molecule has 0 aromatic rings. The van der Waals surface area contributed by atoms with Gasteiger partial charge in [-0.3, -0.25) is 4.79 Å². The molecule has 0 aromatic heterocycles. The molecule has 0 N–H and O–H groups in total. The fraction of sp³-hybridized carbons (Fsp3) is 0.941. The molecule has 0 aliphatic heterocycles. The van der Waals surface area contributed by atoms with E-state index in [1.807, 2.05) is 20.8 Å². The van der Waals surface area contributed by atoms with Crippen molar-refractivity contribution in [1.82, 2.24) is 0 Å². The van der Waals surface area contributed by atoms with Crippen LogP contribution in [0.4, 0.5) is 0 Å². The number of carbonyl (C=O) groups is 1. The summed E-state index contributed by atoms with van der Waals surface area (Å²) in [5, 5.41) is 0. The van der Waals surface area contributed by atoms with Crippen molar-refractivity contribution in [2.45, 2.75) is 92.1 Å². The van der Waals surface area contributed by atoms with Gasteiger partial charge in [0.15, 0.2) is 0 Å². The van der Waals surface area contributed by atoms with Crippen LogP contribution in [0.25, 0.3) is 0 Å². The van der Waals surface area contributed by atoms with Crippen molar-refractivity contribution in [1.29, 1.82) is 0 Å². The van der Waals surface area contributed by atoms with Gasteiger partial charge in [0.25, 0.3) is 0 Å². The van der Waals surface area contributed by atoms with Crippen molar-refractivity contribution >= 4 is 5.97 Å². The largest absolute Gasteiger partial charge is 0.460 e. The SMILES string of the molecule is CCCC(CCC)CCC(C)CC(=O)OC(C)(C)C. The van der Waals surface area contributed by atoms with Gasteiger partial charge in [-0.25, -0.2) is 0 Å². The van der Waals surface area contributed by atoms with E-state index in [0.29, 0.717) is 12.3 Å². The molecular weight excluding hydrogens is 236 g/mol. The lowest BCUT2D eigenvalue weighted by atomic mass is 9.89. The zero-order valence-corrected chi connectivity index (χ0v) is 13.9. The molecule has 0 spiro atoms. The molecule has 114 valence electrons. The van der Waals surface area contributed by atoms with Crippen LogP contribution in [0, 0.1) is 11.8 Å². The van der Waals surface area contributed by atoms with Crippen molar-refractivity contribution in [3.63, 3.8) is 0 Å². The Hall–Kier alpha value is -0.530. The van der Waals surface area contributed by atoms with Gasteiger partial charge in [0, 0.05) is 6.42 Å². The second kappa shape index (κ2) is 9.39. The predicted octanol–water partition coefficient (Wildman–Crippen LogP) is 5.35. The molecule has 2 heteroatoms. The maximum absolute atomic E-state index is 11.7. The van der Waals surface area contributed by atoms with Crippen LogP contribution in [0.5, 0.6) is 0 Å². The molecule has 0 aliphatic rings. The molecule has 0 fully saturated rings. The summed E-state index contributed by atoms with van der Waals surface area (Å²) in [5.74, 6) is 1.23. The van der Waals surface area contributed by atoms with Gasteiger partial charge < -0.3 is 4.74 Å². The normalized spacial score (nSPS) is 13.6. The van der Waals surface area contributed by atoms with Crippen LogP contribution < -0.4 is 0 Å². The van der Waals surface area contributed by atoms with Crippen molar-refractivity contribution in [3.05, 3.63) is 0 Å². The van der Waals surface area contributed by atoms with Gasteiger partial charge in [0.1, 0.15) is 5.60 Å². The minimum atomic E-state index is -0.357. The third-order valence-corrected chi connectivity index (χ3v) is 3.40. The maximum atomic E-state index is 11.7. The third-order valence-electron chi connectivity index (χ3n) is 3.40. The predicted molar refractivity (Wildman–Crippen MR) is 82.2 cm³/mol. The Balaban J connectivity index is 3.95. The molecule has 0 saturated carbocycles. The van der Waals surface area contributed by atoms with E-state index in [2.05, 4.69) is 20.8 Å². The van der Waals surface area contributed by atoms with Crippen LogP contribution in [-0.2, 0) is 9.53 Å². The summed E-state index contributed by atoms with van der Waals surface area (Å²) in [6, 6.07) is 0. The van der Waals surface area contributed by atoms with Gasteiger partial charge in [-0.1, -0.05) is 52.9 Å². The number of esters is 1. The molecule has 0 rings (SSSR count). The Kier molecular flexibility index (Phi) is 9.12. The van der Waals surface area contributed by atoms with E-state index in [-0.39, 0.29) is 11.6 Å². The van der Waals surface area contributed by atoms with E-state index in [1.54, 1.807) is 0 Å². The number of ether oxygens (including phenoxy) is 1. The zero-order valence-electron chi connectivity index (χ0n) is 13.9. The molecular formula is C17H34O2. The first kappa shape index (κ1) is 18.5. The summed E-state index contributed by atoms with van der Waals surface area (Å²) >= 11 is 0. The van der Waals surface area contributed by atoms with Crippen molar-refractivity contribution < 1.29 is 9.53 Å². The summed E-state index contributed by atoms with van der Waals surface area (Å²) < 4.78 is 5.37. The lowest BCUT2D eigenvalue weighted by Crippen LogP contribution is -2.25. The van der Waals surface area contributed by atoms with Crippen LogP contribution >= 0.6 is 0 Å². The topological polar surface area (TPSA) is 26.3 Å². The van der Waals surface area contributed by atoms with Crippen LogP contribution in [0.2, 0.25) is 0 Å². The minimum Gasteiger partial charge on any atom is -0.460 e. The quantitative estimate of drug-likeness (QED) is 0.528. The Morgan fingerprint density at radius 1 is 1.00 bits per heavy atom. The first-order chi connectivity index (χ1) is 8.78. The summed E-state index contributed by atoms with van der Waals surface area (Å²) in [6.07, 6.45) is 8.15. The molecule has 0 aliphatic carbocycles. The van der Waals surface area contributed by atoms with Gasteiger partial charge in [0.2, 0.25) is 0 Å². The van der Waals surface area contributed by atoms with Crippen LogP contribution in [0.1, 0.15) is 86.5 Å². The average molecular weight is 270 g/mol. The highest BCUT2D eigenvalue weighted by molar-refractivity contribution is 5.70. The van der Waals surface area contributed by atoms with Gasteiger partial charge in [-0.2, -0.15) is 0 Å². The highest BCUT2D eigenvalue weighted by atomic mass is 16.6. The zero-order chi connectivity index (χ0) is 14.9. The molecule has 1 atom stereocenters. The van der Waals surface area contributed by atoms with Crippen molar-refractivity contribution in [2.24, 2.45) is 11.8 Å². The van der Waals surface area contributed by atoms with E-state index >= 15 is 0 Å². The molecule has 19 heavy (non-hydrogen) atoms. The lowest BCUT2D eigenvalue weighted by Gasteiger charge is -2.22. The van der Waals surface area contributed by atoms with Crippen molar-refractivity contribution in [3.8, 4) is 0 Å². The van der Waals surface area contributed by atoms with E-state index in [1.165, 1.54) is 32.1 Å². The molecule has 0 bridgehead atoms. The van der Waals surface area contributed by atoms with Gasteiger partial charge >= 0.3 is 5.97 Å². The minimum absolute atomic E-state index is 0.0532. The molecule has 0 amide bonds. The van der Waals surface area contributed by atoms with Crippen molar-refractivity contribution in [2.75, 3.05) is 0 Å². The highest BCUT2D eigenvalue weighted by Gasteiger charge is 2.19. The average Bonchev–Trinajstić information content (AvgIpc) is 2.23. The molecule has 0 heterocycles. The summed E-state index contributed by atoms with van der Waals surface area (Å²) in [4.78, 5) is 11.7. The smallest absolute Gasteiger partial charge is 0.306 e. The summed E-state index contributed by atoms with van der Waals surface area (Å²) in [7, 11) is 0. The Labute approximate surface area is 120 Å². The number of rotatable bonds is 9. The van der Waals surface area contributed by atoms with Gasteiger partial charge in [-0.05, 0) is 39.0 Å². The van der Waals surface area contributed by atoms with Gasteiger partial charge in [0.05, 0.1) is 0 Å². The van der Waals surface area contributed by atoms with E-state index in [9.17, 15) is 4.79 Å². The number of hydrogen-bond donors (Lipinski definition) is 0.